The van der Waals surface area contributed by atoms with Gasteiger partial charge < -0.3 is 10.1 Å². The molecule has 6 heteroatoms. The van der Waals surface area contributed by atoms with Gasteiger partial charge in [0.25, 0.3) is 0 Å². The van der Waals surface area contributed by atoms with E-state index in [1.54, 1.807) is 12.1 Å². The first-order valence-electron chi connectivity index (χ1n) is 5.94. The predicted molar refractivity (Wildman–Crippen MR) is 69.2 cm³/mol. The molecule has 0 bridgehead atoms. The van der Waals surface area contributed by atoms with Crippen LogP contribution in [0.15, 0.2) is 18.2 Å². The van der Waals surface area contributed by atoms with Gasteiger partial charge in [-0.3, -0.25) is 10.1 Å². The Labute approximate surface area is 110 Å². The fourth-order valence-electron chi connectivity index (χ4n) is 2.03. The summed E-state index contributed by atoms with van der Waals surface area (Å²) >= 11 is 5.74. The molecule has 1 heterocycles. The van der Waals surface area contributed by atoms with Crippen LogP contribution in [0.3, 0.4) is 0 Å². The number of nitrogens with zero attached hydrogens (tertiary/aromatic N) is 1. The van der Waals surface area contributed by atoms with Crippen molar-refractivity contribution in [3.8, 4) is 5.75 Å². The van der Waals surface area contributed by atoms with Crippen LogP contribution in [-0.4, -0.2) is 24.6 Å². The number of rotatable bonds is 4. The van der Waals surface area contributed by atoms with Crippen LogP contribution >= 0.6 is 11.6 Å². The van der Waals surface area contributed by atoms with E-state index in [0.717, 1.165) is 25.9 Å². The zero-order valence-electron chi connectivity index (χ0n) is 9.89. The predicted octanol–water partition coefficient (Wildman–Crippen LogP) is 2.63. The Bertz CT molecular complexity index is 433. The SMILES string of the molecule is O=[N+]([O-])c1cc(Cl)ccc1OC[C@H]1CCCNC1. The molecule has 1 N–H and O–H groups in total. The van der Waals surface area contributed by atoms with Gasteiger partial charge in [0.05, 0.1) is 11.5 Å². The Morgan fingerprint density at radius 3 is 3.06 bits per heavy atom. The molecule has 0 unspecified atom stereocenters. The number of nitrogens with one attached hydrogen (secondary N) is 1. The Kier molecular flexibility index (Phi) is 4.38. The topological polar surface area (TPSA) is 64.4 Å². The molecule has 1 saturated heterocycles. The molecule has 18 heavy (non-hydrogen) atoms. The van der Waals surface area contributed by atoms with Gasteiger partial charge in [-0.05, 0) is 31.5 Å². The van der Waals surface area contributed by atoms with E-state index >= 15 is 0 Å². The Balaban J connectivity index is 2.01. The van der Waals surface area contributed by atoms with Crippen molar-refractivity contribution >= 4 is 17.3 Å². The number of halogens is 1. The fraction of sp³-hybridized carbons (Fsp3) is 0.500. The van der Waals surface area contributed by atoms with Crippen LogP contribution in [0.25, 0.3) is 0 Å². The molecule has 0 aromatic heterocycles. The van der Waals surface area contributed by atoms with Crippen LogP contribution in [-0.2, 0) is 0 Å². The third-order valence-electron chi connectivity index (χ3n) is 2.99. The third kappa shape index (κ3) is 3.34. The monoisotopic (exact) mass is 270 g/mol. The molecule has 1 aliphatic heterocycles. The van der Waals surface area contributed by atoms with Crippen LogP contribution < -0.4 is 10.1 Å². The average molecular weight is 271 g/mol. The Hall–Kier alpha value is -1.33. The fourth-order valence-corrected chi connectivity index (χ4v) is 2.20. The molecular weight excluding hydrogens is 256 g/mol. The summed E-state index contributed by atoms with van der Waals surface area (Å²) in [6, 6.07) is 4.47. The van der Waals surface area contributed by atoms with Gasteiger partial charge in [0.15, 0.2) is 5.75 Å². The number of piperidine rings is 1. The second-order valence-electron chi connectivity index (χ2n) is 4.39. The summed E-state index contributed by atoms with van der Waals surface area (Å²) in [5.41, 5.74) is -0.0775. The zero-order valence-corrected chi connectivity index (χ0v) is 10.7. The molecule has 1 aromatic rings. The summed E-state index contributed by atoms with van der Waals surface area (Å²) in [6.07, 6.45) is 2.21. The number of hydrogen-bond donors (Lipinski definition) is 1. The van der Waals surface area contributed by atoms with E-state index in [2.05, 4.69) is 5.32 Å². The molecule has 5 nitrogen and oxygen atoms in total. The maximum Gasteiger partial charge on any atom is 0.312 e. The number of ether oxygens (including phenoxy) is 1. The second-order valence-corrected chi connectivity index (χ2v) is 4.83. The highest BCUT2D eigenvalue weighted by atomic mass is 35.5. The quantitative estimate of drug-likeness (QED) is 0.675. The van der Waals surface area contributed by atoms with Crippen LogP contribution in [0.2, 0.25) is 5.02 Å². The lowest BCUT2D eigenvalue weighted by Gasteiger charge is -2.22. The van der Waals surface area contributed by atoms with Gasteiger partial charge in [0, 0.05) is 23.6 Å². The number of hydrogen-bond acceptors (Lipinski definition) is 4. The van der Waals surface area contributed by atoms with Crippen LogP contribution in [0.4, 0.5) is 5.69 Å². The number of nitro benzene ring substituents is 1. The largest absolute Gasteiger partial charge is 0.486 e. The van der Waals surface area contributed by atoms with Gasteiger partial charge in [-0.2, -0.15) is 0 Å². The van der Waals surface area contributed by atoms with Crippen molar-refractivity contribution in [2.24, 2.45) is 5.92 Å². The van der Waals surface area contributed by atoms with Gasteiger partial charge >= 0.3 is 5.69 Å². The lowest BCUT2D eigenvalue weighted by atomic mass is 10.0. The van der Waals surface area contributed by atoms with Gasteiger partial charge in [-0.25, -0.2) is 0 Å². The number of nitro groups is 1. The van der Waals surface area contributed by atoms with Gasteiger partial charge in [0.1, 0.15) is 0 Å². The zero-order chi connectivity index (χ0) is 13.0. The van der Waals surface area contributed by atoms with Crippen molar-refractivity contribution in [3.63, 3.8) is 0 Å². The molecule has 1 aliphatic rings. The highest BCUT2D eigenvalue weighted by Gasteiger charge is 2.18. The molecule has 0 aliphatic carbocycles. The van der Waals surface area contributed by atoms with Crippen molar-refractivity contribution in [1.29, 1.82) is 0 Å². The summed E-state index contributed by atoms with van der Waals surface area (Å²) in [5.74, 6) is 0.698. The van der Waals surface area contributed by atoms with E-state index in [1.165, 1.54) is 6.07 Å². The maximum absolute atomic E-state index is 10.9. The Morgan fingerprint density at radius 2 is 2.39 bits per heavy atom. The van der Waals surface area contributed by atoms with Gasteiger partial charge in [-0.1, -0.05) is 11.6 Å². The average Bonchev–Trinajstić information content (AvgIpc) is 2.38. The first-order chi connectivity index (χ1) is 8.66. The van der Waals surface area contributed by atoms with Gasteiger partial charge in [0.2, 0.25) is 0 Å². The molecule has 0 spiro atoms. The summed E-state index contributed by atoms with van der Waals surface area (Å²) in [7, 11) is 0. The smallest absolute Gasteiger partial charge is 0.312 e. The van der Waals surface area contributed by atoms with Crippen molar-refractivity contribution in [2.45, 2.75) is 12.8 Å². The molecular formula is C12H15ClN2O3. The highest BCUT2D eigenvalue weighted by molar-refractivity contribution is 6.30. The molecule has 1 atom stereocenters. The van der Waals surface area contributed by atoms with Gasteiger partial charge in [-0.15, -0.1) is 0 Å². The summed E-state index contributed by atoms with van der Waals surface area (Å²) in [5, 5.41) is 14.5. The molecule has 2 rings (SSSR count). The standard InChI is InChI=1S/C12H15ClN2O3/c13-10-3-4-12(11(6-10)15(16)17)18-8-9-2-1-5-14-7-9/h3-4,6,9,14H,1-2,5,7-8H2/t9-/m0/s1. The van der Waals surface area contributed by atoms with E-state index in [0.29, 0.717) is 17.5 Å². The maximum atomic E-state index is 10.9. The van der Waals surface area contributed by atoms with E-state index in [4.69, 9.17) is 16.3 Å². The normalized spacial score (nSPS) is 19.5. The molecule has 1 aromatic carbocycles. The minimum Gasteiger partial charge on any atom is -0.486 e. The van der Waals surface area contributed by atoms with Crippen LogP contribution in [0, 0.1) is 16.0 Å². The summed E-state index contributed by atoms with van der Waals surface area (Å²) in [6.45, 7) is 2.44. The molecule has 0 radical (unpaired) electrons. The van der Waals surface area contributed by atoms with Crippen molar-refractivity contribution < 1.29 is 9.66 Å². The molecule has 0 saturated carbocycles. The van der Waals surface area contributed by atoms with Crippen LogP contribution in [0.1, 0.15) is 12.8 Å². The molecule has 98 valence electrons. The lowest BCUT2D eigenvalue weighted by Crippen LogP contribution is -2.33. The van der Waals surface area contributed by atoms with E-state index in [9.17, 15) is 10.1 Å². The van der Waals surface area contributed by atoms with Crippen molar-refractivity contribution in [1.82, 2.24) is 5.32 Å². The first-order valence-corrected chi connectivity index (χ1v) is 6.32. The molecule has 1 fully saturated rings. The minimum absolute atomic E-state index is 0.0775. The molecule has 0 amide bonds. The second kappa shape index (κ2) is 6.02. The lowest BCUT2D eigenvalue weighted by molar-refractivity contribution is -0.385. The first kappa shape index (κ1) is 13.1. The van der Waals surface area contributed by atoms with Crippen molar-refractivity contribution in [3.05, 3.63) is 33.3 Å². The number of benzene rings is 1. The van der Waals surface area contributed by atoms with E-state index < -0.39 is 4.92 Å². The highest BCUT2D eigenvalue weighted by Crippen LogP contribution is 2.30. The third-order valence-corrected chi connectivity index (χ3v) is 3.23. The summed E-state index contributed by atoms with van der Waals surface area (Å²) in [4.78, 5) is 10.4. The van der Waals surface area contributed by atoms with E-state index in [-0.39, 0.29) is 11.4 Å². The van der Waals surface area contributed by atoms with Crippen LogP contribution in [0.5, 0.6) is 5.75 Å². The van der Waals surface area contributed by atoms with E-state index in [1.807, 2.05) is 0 Å². The van der Waals surface area contributed by atoms with Crippen molar-refractivity contribution in [2.75, 3.05) is 19.7 Å². The summed E-state index contributed by atoms with van der Waals surface area (Å²) < 4.78 is 5.55. The Morgan fingerprint density at radius 1 is 1.56 bits per heavy atom. The minimum atomic E-state index is -0.472.